The van der Waals surface area contributed by atoms with Gasteiger partial charge in [0, 0.05) is 11.5 Å². The van der Waals surface area contributed by atoms with Crippen LogP contribution in [-0.4, -0.2) is 34.0 Å². The van der Waals surface area contributed by atoms with Crippen LogP contribution in [0.1, 0.15) is 59.3 Å². The van der Waals surface area contributed by atoms with Gasteiger partial charge in [-0.05, 0) is 59.3 Å². The molecule has 2 aliphatic rings. The van der Waals surface area contributed by atoms with Gasteiger partial charge in [-0.25, -0.2) is 4.79 Å². The van der Waals surface area contributed by atoms with Crippen LogP contribution in [0, 0.1) is 5.92 Å². The Morgan fingerprint density at radius 3 is 2.62 bits per heavy atom. The molecule has 1 saturated heterocycles. The molecule has 0 radical (unpaired) electrons. The van der Waals surface area contributed by atoms with E-state index in [-0.39, 0.29) is 5.92 Å². The molecule has 134 valence electrons. The van der Waals surface area contributed by atoms with Gasteiger partial charge >= 0.3 is 5.97 Å². The first-order chi connectivity index (χ1) is 11.2. The summed E-state index contributed by atoms with van der Waals surface area (Å²) in [6.45, 7) is 9.62. The SMILES string of the molecule is C=C1C(=O)OC2CC1C(O)CC(C)=CCCC(C)=CCCC2(C)O. The van der Waals surface area contributed by atoms with Crippen LogP contribution in [0.4, 0.5) is 0 Å². The summed E-state index contributed by atoms with van der Waals surface area (Å²) in [6, 6.07) is 0. The van der Waals surface area contributed by atoms with E-state index in [0.29, 0.717) is 24.8 Å². The average molecular weight is 334 g/mol. The fraction of sp³-hybridized carbons (Fsp3) is 0.650. The number of aliphatic hydroxyl groups excluding tert-OH is 1. The van der Waals surface area contributed by atoms with E-state index in [0.717, 1.165) is 24.8 Å². The summed E-state index contributed by atoms with van der Waals surface area (Å²) in [6.07, 6.45) is 7.11. The second kappa shape index (κ2) is 7.66. The first kappa shape index (κ1) is 18.9. The summed E-state index contributed by atoms with van der Waals surface area (Å²) in [4.78, 5) is 12.1. The maximum Gasteiger partial charge on any atom is 0.334 e. The molecule has 1 aliphatic heterocycles. The molecule has 0 aromatic carbocycles. The van der Waals surface area contributed by atoms with E-state index in [1.165, 1.54) is 5.57 Å². The highest BCUT2D eigenvalue weighted by molar-refractivity contribution is 5.89. The fourth-order valence-electron chi connectivity index (χ4n) is 3.52. The van der Waals surface area contributed by atoms with Crippen molar-refractivity contribution in [3.63, 3.8) is 0 Å². The van der Waals surface area contributed by atoms with Crippen LogP contribution in [0.5, 0.6) is 0 Å². The summed E-state index contributed by atoms with van der Waals surface area (Å²) in [5, 5.41) is 21.4. The van der Waals surface area contributed by atoms with Crippen molar-refractivity contribution in [2.24, 2.45) is 5.92 Å². The van der Waals surface area contributed by atoms with Gasteiger partial charge in [0.2, 0.25) is 0 Å². The summed E-state index contributed by atoms with van der Waals surface area (Å²) < 4.78 is 5.41. The van der Waals surface area contributed by atoms with Crippen LogP contribution < -0.4 is 0 Å². The van der Waals surface area contributed by atoms with Gasteiger partial charge in [0.05, 0.1) is 11.7 Å². The molecule has 4 unspecified atom stereocenters. The number of hydrogen-bond donors (Lipinski definition) is 2. The van der Waals surface area contributed by atoms with E-state index in [1.54, 1.807) is 6.92 Å². The first-order valence-corrected chi connectivity index (χ1v) is 8.82. The zero-order valence-corrected chi connectivity index (χ0v) is 15.0. The normalized spacial score (nSPS) is 36.3. The molecule has 1 aliphatic carbocycles. The molecule has 0 saturated carbocycles. The summed E-state index contributed by atoms with van der Waals surface area (Å²) in [5.41, 5.74) is 1.60. The van der Waals surface area contributed by atoms with Gasteiger partial charge < -0.3 is 14.9 Å². The highest BCUT2D eigenvalue weighted by atomic mass is 16.6. The third kappa shape index (κ3) is 4.58. The number of fused-ring (bicyclic) bond motifs is 2. The van der Waals surface area contributed by atoms with Gasteiger partial charge in [-0.2, -0.15) is 0 Å². The van der Waals surface area contributed by atoms with Gasteiger partial charge in [-0.3, -0.25) is 0 Å². The third-order valence-corrected chi connectivity index (χ3v) is 5.29. The Balaban J connectivity index is 2.29. The van der Waals surface area contributed by atoms with Crippen molar-refractivity contribution in [2.75, 3.05) is 0 Å². The predicted octanol–water partition coefficient (Wildman–Crippen LogP) is 3.44. The quantitative estimate of drug-likeness (QED) is 0.404. The van der Waals surface area contributed by atoms with Gasteiger partial charge in [0.15, 0.2) is 0 Å². The van der Waals surface area contributed by atoms with Gasteiger partial charge in [0.25, 0.3) is 0 Å². The fourth-order valence-corrected chi connectivity index (χ4v) is 3.52. The summed E-state index contributed by atoms with van der Waals surface area (Å²) in [7, 11) is 0. The second-order valence-corrected chi connectivity index (χ2v) is 7.57. The minimum absolute atomic E-state index is 0.310. The van der Waals surface area contributed by atoms with Gasteiger partial charge in [-0.15, -0.1) is 0 Å². The lowest BCUT2D eigenvalue weighted by atomic mass is 9.78. The molecular formula is C20H30O4. The molecule has 0 amide bonds. The monoisotopic (exact) mass is 334 g/mol. The Morgan fingerprint density at radius 1 is 1.25 bits per heavy atom. The number of ether oxygens (including phenoxy) is 1. The topological polar surface area (TPSA) is 66.8 Å². The molecule has 4 nitrogen and oxygen atoms in total. The summed E-state index contributed by atoms with van der Waals surface area (Å²) in [5.74, 6) is -0.873. The van der Waals surface area contributed by atoms with Gasteiger partial charge in [0.1, 0.15) is 6.10 Å². The van der Waals surface area contributed by atoms with E-state index in [1.807, 2.05) is 6.92 Å². The third-order valence-electron chi connectivity index (χ3n) is 5.29. The molecule has 0 aromatic rings. The first-order valence-electron chi connectivity index (χ1n) is 8.82. The molecule has 1 fully saturated rings. The largest absolute Gasteiger partial charge is 0.456 e. The molecule has 24 heavy (non-hydrogen) atoms. The number of rotatable bonds is 0. The minimum Gasteiger partial charge on any atom is -0.456 e. The Hall–Kier alpha value is -1.39. The van der Waals surface area contributed by atoms with E-state index >= 15 is 0 Å². The molecule has 0 spiro atoms. The number of hydrogen-bond acceptors (Lipinski definition) is 4. The number of allylic oxidation sites excluding steroid dienone is 3. The van der Waals surface area contributed by atoms with Crippen LogP contribution in [0.2, 0.25) is 0 Å². The number of carbonyl (C=O) groups is 1. The molecule has 4 atom stereocenters. The summed E-state index contributed by atoms with van der Waals surface area (Å²) >= 11 is 0. The molecular weight excluding hydrogens is 304 g/mol. The number of aliphatic hydroxyl groups is 2. The Bertz CT molecular complexity index is 556. The Kier molecular flexibility index (Phi) is 6.05. The highest BCUT2D eigenvalue weighted by Crippen LogP contribution is 2.36. The van der Waals surface area contributed by atoms with Crippen molar-refractivity contribution in [3.8, 4) is 0 Å². The molecule has 0 aromatic heterocycles. The molecule has 2 rings (SSSR count). The lowest BCUT2D eigenvalue weighted by Crippen LogP contribution is -2.49. The second-order valence-electron chi connectivity index (χ2n) is 7.57. The molecule has 2 bridgehead atoms. The lowest BCUT2D eigenvalue weighted by molar-refractivity contribution is -0.171. The maximum absolute atomic E-state index is 12.1. The maximum atomic E-state index is 12.1. The van der Waals surface area contributed by atoms with Crippen molar-refractivity contribution >= 4 is 5.97 Å². The van der Waals surface area contributed by atoms with Crippen molar-refractivity contribution in [1.29, 1.82) is 0 Å². The highest BCUT2D eigenvalue weighted by Gasteiger charge is 2.43. The van der Waals surface area contributed by atoms with Crippen molar-refractivity contribution in [2.45, 2.75) is 77.1 Å². The molecule has 1 heterocycles. The molecule has 4 heteroatoms. The molecule has 2 N–H and O–H groups in total. The van der Waals surface area contributed by atoms with Gasteiger partial charge in [-0.1, -0.05) is 29.9 Å². The Labute approximate surface area is 144 Å². The van der Waals surface area contributed by atoms with Crippen LogP contribution in [0.15, 0.2) is 35.5 Å². The number of carbonyl (C=O) groups excluding carboxylic acids is 1. The number of esters is 1. The zero-order chi connectivity index (χ0) is 17.9. The van der Waals surface area contributed by atoms with E-state index in [9.17, 15) is 15.0 Å². The zero-order valence-electron chi connectivity index (χ0n) is 15.0. The Morgan fingerprint density at radius 2 is 1.92 bits per heavy atom. The minimum atomic E-state index is -1.11. The smallest absolute Gasteiger partial charge is 0.334 e. The lowest BCUT2D eigenvalue weighted by Gasteiger charge is -2.40. The van der Waals surface area contributed by atoms with E-state index in [4.69, 9.17) is 4.74 Å². The predicted molar refractivity (Wildman–Crippen MR) is 94.4 cm³/mol. The van der Waals surface area contributed by atoms with Crippen LogP contribution >= 0.6 is 0 Å². The van der Waals surface area contributed by atoms with Crippen LogP contribution in [0.25, 0.3) is 0 Å². The van der Waals surface area contributed by atoms with Crippen molar-refractivity contribution in [3.05, 3.63) is 35.5 Å². The van der Waals surface area contributed by atoms with E-state index < -0.39 is 23.8 Å². The van der Waals surface area contributed by atoms with Crippen molar-refractivity contribution in [1.82, 2.24) is 0 Å². The van der Waals surface area contributed by atoms with E-state index in [2.05, 4.69) is 25.7 Å². The van der Waals surface area contributed by atoms with Crippen LogP contribution in [-0.2, 0) is 9.53 Å². The standard InChI is InChI=1S/C20H30O4/c1-13-7-5-8-14(2)11-17(21)16-12-18(24-19(22)15(16)3)20(4,23)10-6-9-13/h8-9,16-18,21,23H,3,5-7,10-12H2,1-2,4H3. The van der Waals surface area contributed by atoms with Crippen molar-refractivity contribution < 1.29 is 19.7 Å². The average Bonchev–Trinajstić information content (AvgIpc) is 2.48. The van der Waals surface area contributed by atoms with Crippen LogP contribution in [0.3, 0.4) is 0 Å².